The van der Waals surface area contributed by atoms with Crippen LogP contribution in [0.15, 0.2) is 23.1 Å². The zero-order chi connectivity index (χ0) is 20.5. The summed E-state index contributed by atoms with van der Waals surface area (Å²) in [6, 6.07) is 4.92. The maximum atomic E-state index is 12.4. The summed E-state index contributed by atoms with van der Waals surface area (Å²) in [5.74, 6) is 0.572. The summed E-state index contributed by atoms with van der Waals surface area (Å²) in [5, 5.41) is 11.7. The topological polar surface area (TPSA) is 110 Å². The van der Waals surface area contributed by atoms with E-state index in [0.717, 1.165) is 16.3 Å². The van der Waals surface area contributed by atoms with Gasteiger partial charge in [-0.3, -0.25) is 4.79 Å². The van der Waals surface area contributed by atoms with Gasteiger partial charge in [-0.25, -0.2) is 17.7 Å². The average molecular weight is 423 g/mol. The summed E-state index contributed by atoms with van der Waals surface area (Å²) < 4.78 is 27.9. The molecule has 0 aliphatic rings. The molecule has 9 nitrogen and oxygen atoms in total. The van der Waals surface area contributed by atoms with E-state index in [-0.39, 0.29) is 17.2 Å². The zero-order valence-electron chi connectivity index (χ0n) is 16.1. The van der Waals surface area contributed by atoms with Crippen molar-refractivity contribution < 1.29 is 13.2 Å². The number of fused-ring (bicyclic) bond motifs is 1. The lowest BCUT2D eigenvalue weighted by Gasteiger charge is -2.11. The van der Waals surface area contributed by atoms with Crippen molar-refractivity contribution in [2.75, 3.05) is 19.4 Å². The van der Waals surface area contributed by atoms with Crippen LogP contribution in [0.5, 0.6) is 0 Å². The first-order valence-corrected chi connectivity index (χ1v) is 11.0. The first-order valence-electron chi connectivity index (χ1n) is 8.74. The molecule has 3 aromatic rings. The summed E-state index contributed by atoms with van der Waals surface area (Å²) in [6.07, 6.45) is 0.673. The number of aryl methyl sites for hydroxylation is 3. The average Bonchev–Trinajstić information content (AvgIpc) is 3.21. The number of benzene rings is 1. The predicted molar refractivity (Wildman–Crippen MR) is 108 cm³/mol. The second-order valence-corrected chi connectivity index (χ2v) is 9.72. The van der Waals surface area contributed by atoms with E-state index < -0.39 is 10.0 Å². The Morgan fingerprint density at radius 1 is 1.29 bits per heavy atom. The first kappa shape index (κ1) is 20.4. The molecule has 0 bridgehead atoms. The van der Waals surface area contributed by atoms with E-state index in [1.165, 1.54) is 29.7 Å². The molecule has 0 radical (unpaired) electrons. The van der Waals surface area contributed by atoms with Crippen molar-refractivity contribution in [3.8, 4) is 0 Å². The highest BCUT2D eigenvalue weighted by Crippen LogP contribution is 2.23. The van der Waals surface area contributed by atoms with Gasteiger partial charge >= 0.3 is 0 Å². The Morgan fingerprint density at radius 2 is 2.04 bits per heavy atom. The van der Waals surface area contributed by atoms with Gasteiger partial charge < -0.3 is 9.88 Å². The molecule has 1 aromatic carbocycles. The Bertz CT molecular complexity index is 1120. The number of aromatic nitrogens is 4. The fourth-order valence-electron chi connectivity index (χ4n) is 2.83. The van der Waals surface area contributed by atoms with Gasteiger partial charge in [0.2, 0.25) is 21.1 Å². The normalized spacial score (nSPS) is 12.0. The van der Waals surface area contributed by atoms with Gasteiger partial charge in [-0.2, -0.15) is 0 Å². The molecule has 28 heavy (non-hydrogen) atoms. The highest BCUT2D eigenvalue weighted by molar-refractivity contribution is 7.89. The van der Waals surface area contributed by atoms with E-state index >= 15 is 0 Å². The molecule has 150 valence electrons. The van der Waals surface area contributed by atoms with Gasteiger partial charge in [-0.15, -0.1) is 10.2 Å². The molecular weight excluding hydrogens is 400 g/mol. The smallest absolute Gasteiger partial charge is 0.242 e. The van der Waals surface area contributed by atoms with Crippen molar-refractivity contribution in [1.82, 2.24) is 24.1 Å². The highest BCUT2D eigenvalue weighted by atomic mass is 32.2. The molecule has 0 aliphatic carbocycles. The van der Waals surface area contributed by atoms with E-state index in [9.17, 15) is 13.2 Å². The second-order valence-electron chi connectivity index (χ2n) is 6.38. The third-order valence-electron chi connectivity index (χ3n) is 4.24. The Labute approximate surface area is 167 Å². The fraction of sp³-hybridized carbons (Fsp3) is 0.412. The van der Waals surface area contributed by atoms with Crippen molar-refractivity contribution >= 4 is 43.4 Å². The molecule has 11 heteroatoms. The number of nitrogens with one attached hydrogen (secondary N) is 1. The molecule has 2 heterocycles. The maximum absolute atomic E-state index is 12.4. The lowest BCUT2D eigenvalue weighted by Crippen LogP contribution is -2.22. The fourth-order valence-corrected chi connectivity index (χ4v) is 4.36. The first-order chi connectivity index (χ1) is 13.2. The molecular formula is C17H22N6O3S2. The van der Waals surface area contributed by atoms with E-state index in [1.807, 2.05) is 18.4 Å². The maximum Gasteiger partial charge on any atom is 0.242 e. The predicted octanol–water partition coefficient (Wildman–Crippen LogP) is 2.04. The van der Waals surface area contributed by atoms with Crippen molar-refractivity contribution in [3.05, 3.63) is 29.0 Å². The minimum atomic E-state index is -3.53. The van der Waals surface area contributed by atoms with Crippen LogP contribution in [-0.2, 0) is 27.8 Å². The number of hydrogen-bond acceptors (Lipinski definition) is 7. The summed E-state index contributed by atoms with van der Waals surface area (Å²) in [5.41, 5.74) is 1.44. The Morgan fingerprint density at radius 3 is 2.64 bits per heavy atom. The van der Waals surface area contributed by atoms with Crippen LogP contribution >= 0.6 is 11.3 Å². The number of imidazole rings is 1. The molecule has 2 aromatic heterocycles. The van der Waals surface area contributed by atoms with Crippen LogP contribution in [-0.4, -0.2) is 52.5 Å². The Balaban J connectivity index is 1.81. The molecule has 0 spiro atoms. The number of carbonyl (C=O) groups is 1. The SMILES string of the molecule is CCn1c(CCC(=O)Nc2nnc(C)s2)nc2cc(S(=O)(=O)N(C)C)ccc21. The third-order valence-corrected chi connectivity index (χ3v) is 6.81. The molecule has 3 rings (SSSR count). The van der Waals surface area contributed by atoms with Crippen LogP contribution in [0.1, 0.15) is 24.2 Å². The Hall–Kier alpha value is -2.37. The van der Waals surface area contributed by atoms with E-state index in [2.05, 4.69) is 20.5 Å². The van der Waals surface area contributed by atoms with E-state index in [1.54, 1.807) is 18.2 Å². The standard InChI is InChI=1S/C17H22N6O3S2/c1-5-23-14-7-6-12(28(25,26)22(3)4)10-13(14)18-15(23)8-9-16(24)19-17-21-20-11(2)27-17/h6-7,10H,5,8-9H2,1-4H3,(H,19,21,24). The monoisotopic (exact) mass is 422 g/mol. The zero-order valence-corrected chi connectivity index (χ0v) is 17.8. The molecule has 0 unspecified atom stereocenters. The number of nitrogens with zero attached hydrogens (tertiary/aromatic N) is 5. The summed E-state index contributed by atoms with van der Waals surface area (Å²) in [6.45, 7) is 4.48. The van der Waals surface area contributed by atoms with Gasteiger partial charge in [-0.05, 0) is 32.0 Å². The largest absolute Gasteiger partial charge is 0.328 e. The number of anilines is 1. The summed E-state index contributed by atoms with van der Waals surface area (Å²) >= 11 is 1.32. The number of hydrogen-bond donors (Lipinski definition) is 1. The molecule has 0 fully saturated rings. The molecule has 1 N–H and O–H groups in total. The quantitative estimate of drug-likeness (QED) is 0.624. The number of amides is 1. The second kappa shape index (κ2) is 7.94. The lowest BCUT2D eigenvalue weighted by atomic mass is 10.3. The third kappa shape index (κ3) is 4.05. The van der Waals surface area contributed by atoms with Crippen LogP contribution in [0.25, 0.3) is 11.0 Å². The van der Waals surface area contributed by atoms with Gasteiger partial charge in [0, 0.05) is 33.5 Å². The van der Waals surface area contributed by atoms with Crippen molar-refractivity contribution in [1.29, 1.82) is 0 Å². The van der Waals surface area contributed by atoms with E-state index in [4.69, 9.17) is 0 Å². The van der Waals surface area contributed by atoms with Crippen LogP contribution in [0.4, 0.5) is 5.13 Å². The highest BCUT2D eigenvalue weighted by Gasteiger charge is 2.19. The minimum absolute atomic E-state index is 0.165. The molecule has 1 amide bonds. The number of sulfonamides is 1. The summed E-state index contributed by atoms with van der Waals surface area (Å²) in [4.78, 5) is 16.9. The van der Waals surface area contributed by atoms with Gasteiger partial charge in [0.05, 0.1) is 15.9 Å². The molecule has 0 atom stereocenters. The van der Waals surface area contributed by atoms with E-state index in [0.29, 0.717) is 23.6 Å². The lowest BCUT2D eigenvalue weighted by molar-refractivity contribution is -0.116. The van der Waals surface area contributed by atoms with Crippen LogP contribution in [0.2, 0.25) is 0 Å². The van der Waals surface area contributed by atoms with Crippen LogP contribution < -0.4 is 5.32 Å². The Kier molecular flexibility index (Phi) is 5.77. The number of carbonyl (C=O) groups excluding carboxylic acids is 1. The van der Waals surface area contributed by atoms with Crippen molar-refractivity contribution in [2.24, 2.45) is 0 Å². The van der Waals surface area contributed by atoms with Crippen molar-refractivity contribution in [3.63, 3.8) is 0 Å². The van der Waals surface area contributed by atoms with Crippen LogP contribution in [0.3, 0.4) is 0 Å². The summed E-state index contributed by atoms with van der Waals surface area (Å²) in [7, 11) is -0.541. The van der Waals surface area contributed by atoms with Gasteiger partial charge in [0.15, 0.2) is 0 Å². The molecule has 0 aliphatic heterocycles. The number of rotatable bonds is 7. The van der Waals surface area contributed by atoms with Gasteiger partial charge in [-0.1, -0.05) is 11.3 Å². The minimum Gasteiger partial charge on any atom is -0.328 e. The van der Waals surface area contributed by atoms with Crippen LogP contribution in [0, 0.1) is 6.92 Å². The molecule has 0 saturated carbocycles. The molecule has 0 saturated heterocycles. The van der Waals surface area contributed by atoms with Gasteiger partial charge in [0.1, 0.15) is 10.8 Å². The van der Waals surface area contributed by atoms with Crippen molar-refractivity contribution in [2.45, 2.75) is 38.1 Å². The van der Waals surface area contributed by atoms with Gasteiger partial charge in [0.25, 0.3) is 0 Å².